The van der Waals surface area contributed by atoms with E-state index in [2.05, 4.69) is 14.8 Å². The summed E-state index contributed by atoms with van der Waals surface area (Å²) in [4.78, 5) is 17.4. The topological polar surface area (TPSA) is 57.5 Å². The molecule has 1 fully saturated rings. The van der Waals surface area contributed by atoms with E-state index in [0.29, 0.717) is 5.25 Å². The molecule has 0 aromatic carbocycles. The van der Waals surface area contributed by atoms with Gasteiger partial charge in [-0.15, -0.1) is 11.8 Å². The van der Waals surface area contributed by atoms with Crippen molar-refractivity contribution in [1.82, 2.24) is 0 Å². The van der Waals surface area contributed by atoms with Crippen LogP contribution in [0.5, 0.6) is 0 Å². The summed E-state index contributed by atoms with van der Waals surface area (Å²) in [5.74, 6) is -1.12. The SMILES string of the molecule is O=C(O)C(O)SC1CCCCC1.[CH3][Sn]([CH3])[CH3]. The number of carboxylic acid groups (broad SMARTS) is 1. The van der Waals surface area contributed by atoms with Crippen molar-refractivity contribution >= 4 is 37.5 Å². The van der Waals surface area contributed by atoms with Gasteiger partial charge in [0.05, 0.1) is 0 Å². The Labute approximate surface area is 110 Å². The van der Waals surface area contributed by atoms with Crippen molar-refractivity contribution in [2.24, 2.45) is 0 Å². The molecule has 1 aliphatic carbocycles. The summed E-state index contributed by atoms with van der Waals surface area (Å²) in [6.07, 6.45) is 5.69. The van der Waals surface area contributed by atoms with E-state index in [1.54, 1.807) is 0 Å². The molecule has 3 nitrogen and oxygen atoms in total. The van der Waals surface area contributed by atoms with E-state index in [1.807, 2.05) is 0 Å². The van der Waals surface area contributed by atoms with Gasteiger partial charge < -0.3 is 10.2 Å². The van der Waals surface area contributed by atoms with E-state index in [0.717, 1.165) is 12.8 Å². The maximum atomic E-state index is 10.3. The van der Waals surface area contributed by atoms with E-state index in [9.17, 15) is 4.79 Å². The summed E-state index contributed by atoms with van der Waals surface area (Å²) < 4.78 is 0. The van der Waals surface area contributed by atoms with Gasteiger partial charge in [0, 0.05) is 5.25 Å². The zero-order chi connectivity index (χ0) is 12.6. The van der Waals surface area contributed by atoms with Crippen molar-refractivity contribution in [3.63, 3.8) is 0 Å². The molecule has 95 valence electrons. The van der Waals surface area contributed by atoms with E-state index >= 15 is 0 Å². The van der Waals surface area contributed by atoms with Crippen molar-refractivity contribution in [1.29, 1.82) is 0 Å². The van der Waals surface area contributed by atoms with Crippen LogP contribution in [0.25, 0.3) is 0 Å². The van der Waals surface area contributed by atoms with Crippen LogP contribution >= 0.6 is 11.8 Å². The van der Waals surface area contributed by atoms with E-state index in [4.69, 9.17) is 10.2 Å². The van der Waals surface area contributed by atoms with Gasteiger partial charge in [0.1, 0.15) is 0 Å². The van der Waals surface area contributed by atoms with Crippen LogP contribution in [0.3, 0.4) is 0 Å². The second-order valence-electron chi connectivity index (χ2n) is 4.59. The number of carboxylic acids is 1. The van der Waals surface area contributed by atoms with Gasteiger partial charge in [-0.25, -0.2) is 4.79 Å². The first-order valence-electron chi connectivity index (χ1n) is 5.76. The Morgan fingerprint density at radius 2 is 1.69 bits per heavy atom. The third kappa shape index (κ3) is 9.78. The molecule has 1 unspecified atom stereocenters. The summed E-state index contributed by atoms with van der Waals surface area (Å²) in [7, 11) is 0. The zero-order valence-corrected chi connectivity index (χ0v) is 14.1. The number of aliphatic carboxylic acids is 1. The van der Waals surface area contributed by atoms with Crippen LogP contribution in [0, 0.1) is 0 Å². The molecule has 0 spiro atoms. The Balaban J connectivity index is 0.000000487. The predicted molar refractivity (Wildman–Crippen MR) is 71.5 cm³/mol. The minimum absolute atomic E-state index is 0.352. The third-order valence-electron chi connectivity index (χ3n) is 2.08. The molecule has 16 heavy (non-hydrogen) atoms. The Morgan fingerprint density at radius 1 is 1.25 bits per heavy atom. The molecule has 0 aliphatic heterocycles. The number of hydrogen-bond acceptors (Lipinski definition) is 3. The second kappa shape index (κ2) is 9.59. The summed E-state index contributed by atoms with van der Waals surface area (Å²) in [6, 6.07) is 0. The number of carbonyl (C=O) groups is 1. The monoisotopic (exact) mass is 355 g/mol. The molecule has 1 radical (unpaired) electrons. The van der Waals surface area contributed by atoms with Crippen LogP contribution < -0.4 is 0 Å². The standard InChI is InChI=1S/C8H14O3S.3CH3.Sn/c9-7(10)8(11)12-6-4-2-1-3-5-6;;;;/h6,8,11H,1-5H2,(H,9,10);3*1H3;. The van der Waals surface area contributed by atoms with Gasteiger partial charge in [0.2, 0.25) is 0 Å². The molecule has 0 bridgehead atoms. The summed E-state index contributed by atoms with van der Waals surface area (Å²) in [5, 5.41) is 17.8. The van der Waals surface area contributed by atoms with Gasteiger partial charge in [0.25, 0.3) is 0 Å². The Bertz CT molecular complexity index is 191. The van der Waals surface area contributed by atoms with Crippen molar-refractivity contribution in [3.8, 4) is 0 Å². The first-order chi connectivity index (χ1) is 7.43. The van der Waals surface area contributed by atoms with Gasteiger partial charge >= 0.3 is 40.5 Å². The van der Waals surface area contributed by atoms with E-state index < -0.39 is 31.2 Å². The number of aliphatic hydroxyl groups excluding tert-OH is 1. The van der Waals surface area contributed by atoms with Gasteiger partial charge in [-0.3, -0.25) is 0 Å². The fourth-order valence-corrected chi connectivity index (χ4v) is 2.53. The predicted octanol–water partition coefficient (Wildman–Crippen LogP) is 2.83. The first kappa shape index (κ1) is 16.6. The van der Waals surface area contributed by atoms with Crippen LogP contribution in [-0.4, -0.2) is 46.6 Å². The van der Waals surface area contributed by atoms with Gasteiger partial charge in [0.15, 0.2) is 5.44 Å². The quantitative estimate of drug-likeness (QED) is 0.605. The number of aliphatic hydroxyl groups is 1. The van der Waals surface area contributed by atoms with Crippen molar-refractivity contribution < 1.29 is 15.0 Å². The van der Waals surface area contributed by atoms with Crippen LogP contribution in [0.1, 0.15) is 32.1 Å². The van der Waals surface area contributed by atoms with Crippen LogP contribution in [0.2, 0.25) is 14.8 Å². The van der Waals surface area contributed by atoms with Gasteiger partial charge in [-0.2, -0.15) is 0 Å². The average molecular weight is 354 g/mol. The minimum atomic E-state index is -1.23. The molecule has 0 heterocycles. The Kier molecular flexibility index (Phi) is 9.94. The first-order valence-corrected chi connectivity index (χ1v) is 15.3. The molecule has 0 aromatic heterocycles. The van der Waals surface area contributed by atoms with Crippen LogP contribution in [0.4, 0.5) is 0 Å². The summed E-state index contributed by atoms with van der Waals surface area (Å²) >= 11 is 0.641. The average Bonchev–Trinajstić information content (AvgIpc) is 2.18. The number of hydrogen-bond donors (Lipinski definition) is 2. The third-order valence-corrected chi connectivity index (χ3v) is 3.40. The molecule has 5 heteroatoms. The fourth-order valence-electron chi connectivity index (χ4n) is 1.44. The fraction of sp³-hybridized carbons (Fsp3) is 0.909. The van der Waals surface area contributed by atoms with Gasteiger partial charge in [-0.05, 0) is 12.8 Å². The molecule has 1 saturated carbocycles. The second-order valence-corrected chi connectivity index (χ2v) is 14.5. The molecule has 2 N–H and O–H groups in total. The molecule has 0 amide bonds. The molecular weight excluding hydrogens is 331 g/mol. The zero-order valence-electron chi connectivity index (χ0n) is 10.4. The summed E-state index contributed by atoms with van der Waals surface area (Å²) in [6.45, 7) is 0. The van der Waals surface area contributed by atoms with Crippen molar-refractivity contribution in [3.05, 3.63) is 0 Å². The van der Waals surface area contributed by atoms with E-state index in [-0.39, 0.29) is 0 Å². The molecule has 1 rings (SSSR count). The van der Waals surface area contributed by atoms with Crippen molar-refractivity contribution in [2.45, 2.75) is 57.6 Å². The van der Waals surface area contributed by atoms with Gasteiger partial charge in [-0.1, -0.05) is 19.3 Å². The Hall–Kier alpha value is 0.579. The molecule has 1 aliphatic rings. The van der Waals surface area contributed by atoms with E-state index in [1.165, 1.54) is 31.0 Å². The van der Waals surface area contributed by atoms with Crippen LogP contribution in [0.15, 0.2) is 0 Å². The molecular formula is C11H23O3SSn. The summed E-state index contributed by atoms with van der Waals surface area (Å²) in [5.41, 5.74) is -1.23. The molecule has 0 saturated heterocycles. The van der Waals surface area contributed by atoms with Crippen molar-refractivity contribution in [2.75, 3.05) is 0 Å². The number of rotatable bonds is 3. The maximum absolute atomic E-state index is 10.3. The molecule has 0 aromatic rings. The Morgan fingerprint density at radius 3 is 2.06 bits per heavy atom. The molecule has 1 atom stereocenters. The van der Waals surface area contributed by atoms with Crippen LogP contribution in [-0.2, 0) is 4.79 Å². The number of thioether (sulfide) groups is 1. The normalized spacial score (nSPS) is 18.8.